The molecule has 0 bridgehead atoms. The van der Waals surface area contributed by atoms with E-state index < -0.39 is 0 Å². The van der Waals surface area contributed by atoms with Gasteiger partial charge in [-0.3, -0.25) is 9.78 Å². The molecule has 0 unspecified atom stereocenters. The van der Waals surface area contributed by atoms with E-state index in [0.717, 1.165) is 37.3 Å². The van der Waals surface area contributed by atoms with Crippen molar-refractivity contribution in [2.45, 2.75) is 32.6 Å². The molecule has 0 aliphatic carbocycles. The van der Waals surface area contributed by atoms with E-state index >= 15 is 0 Å². The number of aromatic nitrogens is 2. The molecule has 1 fully saturated rings. The molecule has 1 amide bonds. The van der Waals surface area contributed by atoms with Crippen molar-refractivity contribution < 1.29 is 9.53 Å². The average molecular weight is 368 g/mol. The molecule has 3 rings (SSSR count). The number of carbonyl (C=O) groups is 1. The Balaban J connectivity index is 1.70. The topological polar surface area (TPSA) is 58.6 Å². The standard InChI is InChI=1S/C21H28N4O2/c1-5-27-20-18(7-6-10-22-20)21(26)25-11-8-16(9-12-25)19-14-17(24(3)4)13-15(2)23-19/h6-7,10,13-14,16H,5,8-9,11-12H2,1-4H3. The van der Waals surface area contributed by atoms with E-state index in [1.807, 2.05) is 32.8 Å². The molecule has 0 aromatic carbocycles. The fourth-order valence-corrected chi connectivity index (χ4v) is 3.50. The zero-order valence-corrected chi connectivity index (χ0v) is 16.6. The summed E-state index contributed by atoms with van der Waals surface area (Å²) >= 11 is 0. The van der Waals surface area contributed by atoms with Crippen molar-refractivity contribution in [3.05, 3.63) is 47.4 Å². The van der Waals surface area contributed by atoms with Crippen LogP contribution in [0.25, 0.3) is 0 Å². The van der Waals surface area contributed by atoms with Gasteiger partial charge in [0.05, 0.1) is 6.61 Å². The zero-order chi connectivity index (χ0) is 19.4. The van der Waals surface area contributed by atoms with Crippen LogP contribution >= 0.6 is 0 Å². The van der Waals surface area contributed by atoms with Crippen LogP contribution in [0.3, 0.4) is 0 Å². The van der Waals surface area contributed by atoms with Crippen molar-refractivity contribution in [1.82, 2.24) is 14.9 Å². The van der Waals surface area contributed by atoms with Crippen LogP contribution in [-0.2, 0) is 0 Å². The van der Waals surface area contributed by atoms with Gasteiger partial charge in [-0.05, 0) is 51.0 Å². The molecule has 0 atom stereocenters. The normalized spacial score (nSPS) is 14.9. The summed E-state index contributed by atoms with van der Waals surface area (Å²) in [4.78, 5) is 25.9. The number of anilines is 1. The highest BCUT2D eigenvalue weighted by Gasteiger charge is 2.27. The van der Waals surface area contributed by atoms with Gasteiger partial charge in [-0.1, -0.05) is 0 Å². The molecule has 0 radical (unpaired) electrons. The van der Waals surface area contributed by atoms with Crippen molar-refractivity contribution in [3.8, 4) is 5.88 Å². The third-order valence-electron chi connectivity index (χ3n) is 4.96. The van der Waals surface area contributed by atoms with Gasteiger partial charge in [-0.25, -0.2) is 4.98 Å². The number of hydrogen-bond acceptors (Lipinski definition) is 5. The molecule has 1 saturated heterocycles. The first-order valence-corrected chi connectivity index (χ1v) is 9.52. The third kappa shape index (κ3) is 4.38. The van der Waals surface area contributed by atoms with Crippen molar-refractivity contribution in [3.63, 3.8) is 0 Å². The maximum Gasteiger partial charge on any atom is 0.259 e. The summed E-state index contributed by atoms with van der Waals surface area (Å²) in [6.45, 7) is 5.86. The highest BCUT2D eigenvalue weighted by Crippen LogP contribution is 2.30. The lowest BCUT2D eigenvalue weighted by Crippen LogP contribution is -2.38. The molecule has 1 aliphatic rings. The number of amides is 1. The molecule has 144 valence electrons. The van der Waals surface area contributed by atoms with E-state index in [0.29, 0.717) is 24.0 Å². The van der Waals surface area contributed by atoms with E-state index in [9.17, 15) is 4.79 Å². The number of pyridine rings is 2. The van der Waals surface area contributed by atoms with E-state index in [-0.39, 0.29) is 5.91 Å². The lowest BCUT2D eigenvalue weighted by molar-refractivity contribution is 0.0707. The van der Waals surface area contributed by atoms with Crippen LogP contribution in [0.4, 0.5) is 5.69 Å². The molecular weight excluding hydrogens is 340 g/mol. The van der Waals surface area contributed by atoms with Gasteiger partial charge in [0, 0.05) is 56.4 Å². The monoisotopic (exact) mass is 368 g/mol. The molecular formula is C21H28N4O2. The van der Waals surface area contributed by atoms with Crippen molar-refractivity contribution >= 4 is 11.6 Å². The Morgan fingerprint density at radius 1 is 1.30 bits per heavy atom. The smallest absolute Gasteiger partial charge is 0.259 e. The van der Waals surface area contributed by atoms with Crippen LogP contribution in [0.15, 0.2) is 30.5 Å². The summed E-state index contributed by atoms with van der Waals surface area (Å²) in [5.74, 6) is 0.798. The Bertz CT molecular complexity index is 799. The first-order valence-electron chi connectivity index (χ1n) is 9.52. The molecule has 27 heavy (non-hydrogen) atoms. The van der Waals surface area contributed by atoms with Crippen molar-refractivity contribution in [2.75, 3.05) is 38.7 Å². The SMILES string of the molecule is CCOc1ncccc1C(=O)N1CCC(c2cc(N(C)C)cc(C)n2)CC1. The third-order valence-corrected chi connectivity index (χ3v) is 4.96. The molecule has 2 aromatic heterocycles. The summed E-state index contributed by atoms with van der Waals surface area (Å²) in [5, 5.41) is 0. The number of carbonyl (C=O) groups excluding carboxylic acids is 1. The first kappa shape index (κ1) is 19.1. The van der Waals surface area contributed by atoms with E-state index in [2.05, 4.69) is 22.0 Å². The predicted octanol–water partition coefficient (Wildman–Crippen LogP) is 3.27. The molecule has 6 heteroatoms. The van der Waals surface area contributed by atoms with Crippen molar-refractivity contribution in [2.24, 2.45) is 0 Å². The summed E-state index contributed by atoms with van der Waals surface area (Å²) in [5.41, 5.74) is 3.88. The highest BCUT2D eigenvalue weighted by molar-refractivity contribution is 5.96. The van der Waals surface area contributed by atoms with E-state index in [1.54, 1.807) is 18.3 Å². The van der Waals surface area contributed by atoms with Crippen LogP contribution in [0.2, 0.25) is 0 Å². The molecule has 0 spiro atoms. The van der Waals surface area contributed by atoms with Gasteiger partial charge in [0.15, 0.2) is 0 Å². The predicted molar refractivity (Wildman–Crippen MR) is 107 cm³/mol. The molecule has 1 aliphatic heterocycles. The van der Waals surface area contributed by atoms with Gasteiger partial charge in [0.1, 0.15) is 5.56 Å². The Hall–Kier alpha value is -2.63. The van der Waals surface area contributed by atoms with Crippen LogP contribution in [0.1, 0.15) is 47.4 Å². The van der Waals surface area contributed by atoms with Gasteiger partial charge in [-0.2, -0.15) is 0 Å². The van der Waals surface area contributed by atoms with Gasteiger partial charge in [0.2, 0.25) is 5.88 Å². The fraction of sp³-hybridized carbons (Fsp3) is 0.476. The number of rotatable bonds is 5. The maximum atomic E-state index is 12.9. The molecule has 6 nitrogen and oxygen atoms in total. The Morgan fingerprint density at radius 3 is 2.70 bits per heavy atom. The second kappa shape index (κ2) is 8.37. The van der Waals surface area contributed by atoms with Crippen LogP contribution in [0, 0.1) is 6.92 Å². The van der Waals surface area contributed by atoms with Gasteiger partial charge >= 0.3 is 0 Å². The first-order chi connectivity index (χ1) is 13.0. The summed E-state index contributed by atoms with van der Waals surface area (Å²) in [6, 6.07) is 7.84. The second-order valence-corrected chi connectivity index (χ2v) is 7.14. The average Bonchev–Trinajstić information content (AvgIpc) is 2.68. The second-order valence-electron chi connectivity index (χ2n) is 7.14. The number of piperidine rings is 1. The van der Waals surface area contributed by atoms with E-state index in [4.69, 9.17) is 9.72 Å². The lowest BCUT2D eigenvalue weighted by atomic mass is 9.92. The summed E-state index contributed by atoms with van der Waals surface area (Å²) in [6.07, 6.45) is 3.48. The Labute approximate surface area is 161 Å². The van der Waals surface area contributed by atoms with Gasteiger partial charge in [0.25, 0.3) is 5.91 Å². The number of aryl methyl sites for hydroxylation is 1. The number of ether oxygens (including phenoxy) is 1. The summed E-state index contributed by atoms with van der Waals surface area (Å²) < 4.78 is 5.51. The van der Waals surface area contributed by atoms with E-state index in [1.165, 1.54) is 5.69 Å². The molecule has 3 heterocycles. The Kier molecular flexibility index (Phi) is 5.94. The van der Waals surface area contributed by atoms with Crippen LogP contribution < -0.4 is 9.64 Å². The minimum Gasteiger partial charge on any atom is -0.477 e. The number of likely N-dealkylation sites (tertiary alicyclic amines) is 1. The summed E-state index contributed by atoms with van der Waals surface area (Å²) in [7, 11) is 4.09. The largest absolute Gasteiger partial charge is 0.477 e. The van der Waals surface area contributed by atoms with Crippen LogP contribution in [0.5, 0.6) is 5.88 Å². The minimum absolute atomic E-state index is 0.00354. The fourth-order valence-electron chi connectivity index (χ4n) is 3.50. The van der Waals surface area contributed by atoms with Crippen molar-refractivity contribution in [1.29, 1.82) is 0 Å². The highest BCUT2D eigenvalue weighted by atomic mass is 16.5. The molecule has 0 N–H and O–H groups in total. The lowest BCUT2D eigenvalue weighted by Gasteiger charge is -2.32. The Morgan fingerprint density at radius 2 is 2.04 bits per heavy atom. The number of nitrogens with zero attached hydrogens (tertiary/aromatic N) is 4. The minimum atomic E-state index is -0.00354. The quantitative estimate of drug-likeness (QED) is 0.811. The maximum absolute atomic E-state index is 12.9. The van der Waals surface area contributed by atoms with Gasteiger partial charge < -0.3 is 14.5 Å². The van der Waals surface area contributed by atoms with Crippen LogP contribution in [-0.4, -0.2) is 54.6 Å². The number of hydrogen-bond donors (Lipinski definition) is 0. The molecule has 2 aromatic rings. The zero-order valence-electron chi connectivity index (χ0n) is 16.6. The molecule has 0 saturated carbocycles. The van der Waals surface area contributed by atoms with Gasteiger partial charge in [-0.15, -0.1) is 0 Å².